The highest BCUT2D eigenvalue weighted by molar-refractivity contribution is 5.77. The molecule has 3 N–H and O–H groups in total. The van der Waals surface area contributed by atoms with Crippen LogP contribution in [-0.2, 0) is 11.3 Å². The number of nitrogens with one attached hydrogen (secondary N) is 1. The summed E-state index contributed by atoms with van der Waals surface area (Å²) in [6.45, 7) is 2.53. The fourth-order valence-corrected chi connectivity index (χ4v) is 2.13. The highest BCUT2D eigenvalue weighted by atomic mass is 16.1. The second-order valence-electron chi connectivity index (χ2n) is 4.42. The minimum Gasteiger partial charge on any atom is -0.373 e. The maximum Gasteiger partial charge on any atom is 0.221 e. The first-order valence-corrected chi connectivity index (χ1v) is 5.83. The lowest BCUT2D eigenvalue weighted by Crippen LogP contribution is -2.27. The molecular formula is C12H18N4O. The van der Waals surface area contributed by atoms with Gasteiger partial charge in [-0.2, -0.15) is 0 Å². The number of likely N-dealkylation sites (tertiary alicyclic amines) is 1. The quantitative estimate of drug-likeness (QED) is 0.792. The SMILES string of the molecule is CNc1ccc(CN2CCC(C(N)=O)C2)cn1. The molecule has 0 aromatic carbocycles. The molecular weight excluding hydrogens is 216 g/mol. The molecule has 0 spiro atoms. The number of aromatic nitrogens is 1. The molecule has 1 unspecified atom stereocenters. The zero-order chi connectivity index (χ0) is 12.3. The summed E-state index contributed by atoms with van der Waals surface area (Å²) in [5.74, 6) is 0.695. The van der Waals surface area contributed by atoms with Crippen LogP contribution in [0.25, 0.3) is 0 Å². The molecule has 2 rings (SSSR count). The average Bonchev–Trinajstić information content (AvgIpc) is 2.79. The molecule has 92 valence electrons. The van der Waals surface area contributed by atoms with E-state index in [0.717, 1.165) is 37.4 Å². The molecule has 1 aliphatic heterocycles. The molecule has 5 heteroatoms. The van der Waals surface area contributed by atoms with E-state index in [4.69, 9.17) is 5.73 Å². The zero-order valence-electron chi connectivity index (χ0n) is 10.0. The smallest absolute Gasteiger partial charge is 0.221 e. The summed E-state index contributed by atoms with van der Waals surface area (Å²) >= 11 is 0. The number of hydrogen-bond donors (Lipinski definition) is 2. The van der Waals surface area contributed by atoms with Gasteiger partial charge >= 0.3 is 0 Å². The van der Waals surface area contributed by atoms with E-state index in [1.54, 1.807) is 0 Å². The van der Waals surface area contributed by atoms with Gasteiger partial charge in [0.1, 0.15) is 5.82 Å². The number of anilines is 1. The number of nitrogens with two attached hydrogens (primary N) is 1. The predicted octanol–water partition coefficient (Wildman–Crippen LogP) is 0.430. The van der Waals surface area contributed by atoms with Gasteiger partial charge in [0, 0.05) is 26.3 Å². The summed E-state index contributed by atoms with van der Waals surface area (Å²) in [6, 6.07) is 4.01. The minimum absolute atomic E-state index is 0.0135. The van der Waals surface area contributed by atoms with Crippen LogP contribution in [0.1, 0.15) is 12.0 Å². The van der Waals surface area contributed by atoms with Gasteiger partial charge < -0.3 is 11.1 Å². The van der Waals surface area contributed by atoms with Gasteiger partial charge in [-0.15, -0.1) is 0 Å². The molecule has 0 saturated carbocycles. The van der Waals surface area contributed by atoms with Crippen LogP contribution in [0.2, 0.25) is 0 Å². The molecule has 1 fully saturated rings. The molecule has 17 heavy (non-hydrogen) atoms. The van der Waals surface area contributed by atoms with Crippen LogP contribution >= 0.6 is 0 Å². The summed E-state index contributed by atoms with van der Waals surface area (Å²) in [6.07, 6.45) is 2.74. The van der Waals surface area contributed by atoms with E-state index >= 15 is 0 Å². The van der Waals surface area contributed by atoms with Crippen molar-refractivity contribution in [2.45, 2.75) is 13.0 Å². The van der Waals surface area contributed by atoms with Crippen molar-refractivity contribution in [2.75, 3.05) is 25.5 Å². The number of carbonyl (C=O) groups is 1. The molecule has 0 aliphatic carbocycles. The van der Waals surface area contributed by atoms with Gasteiger partial charge in [0.25, 0.3) is 0 Å². The zero-order valence-corrected chi connectivity index (χ0v) is 10.0. The fourth-order valence-electron chi connectivity index (χ4n) is 2.13. The summed E-state index contributed by atoms with van der Waals surface area (Å²) in [5, 5.41) is 2.98. The maximum atomic E-state index is 11.1. The number of primary amides is 1. The van der Waals surface area contributed by atoms with Crippen molar-refractivity contribution in [3.8, 4) is 0 Å². The first-order chi connectivity index (χ1) is 8.19. The van der Waals surface area contributed by atoms with E-state index in [1.807, 2.05) is 19.3 Å². The van der Waals surface area contributed by atoms with Gasteiger partial charge in [-0.3, -0.25) is 9.69 Å². The van der Waals surface area contributed by atoms with Crippen molar-refractivity contribution < 1.29 is 4.79 Å². The summed E-state index contributed by atoms with van der Waals surface area (Å²) in [4.78, 5) is 17.6. The Balaban J connectivity index is 1.91. The van der Waals surface area contributed by atoms with E-state index in [1.165, 1.54) is 0 Å². The van der Waals surface area contributed by atoms with Crippen molar-refractivity contribution in [1.29, 1.82) is 0 Å². The van der Waals surface area contributed by atoms with Crippen LogP contribution in [0.5, 0.6) is 0 Å². The number of rotatable bonds is 4. The van der Waals surface area contributed by atoms with Gasteiger partial charge in [-0.05, 0) is 24.6 Å². The maximum absolute atomic E-state index is 11.1. The van der Waals surface area contributed by atoms with Crippen LogP contribution in [0.15, 0.2) is 18.3 Å². The minimum atomic E-state index is -0.184. The Bertz CT molecular complexity index is 390. The van der Waals surface area contributed by atoms with Gasteiger partial charge in [-0.25, -0.2) is 4.98 Å². The number of nitrogens with zero attached hydrogens (tertiary/aromatic N) is 2. The van der Waals surface area contributed by atoms with Gasteiger partial charge in [0.15, 0.2) is 0 Å². The normalized spacial score (nSPS) is 20.4. The van der Waals surface area contributed by atoms with Crippen LogP contribution in [-0.4, -0.2) is 35.9 Å². The number of carbonyl (C=O) groups excluding carboxylic acids is 1. The third-order valence-electron chi connectivity index (χ3n) is 3.16. The molecule has 1 aromatic rings. The van der Waals surface area contributed by atoms with E-state index in [9.17, 15) is 4.79 Å². The Kier molecular flexibility index (Phi) is 3.58. The Morgan fingerprint density at radius 3 is 3.00 bits per heavy atom. The molecule has 1 aromatic heterocycles. The number of amides is 1. The molecule has 2 heterocycles. The summed E-state index contributed by atoms with van der Waals surface area (Å²) in [7, 11) is 1.85. The molecule has 1 amide bonds. The lowest BCUT2D eigenvalue weighted by Gasteiger charge is -2.15. The standard InChI is InChI=1S/C12H18N4O/c1-14-11-3-2-9(6-15-11)7-16-5-4-10(8-16)12(13)17/h2-3,6,10H,4-5,7-8H2,1H3,(H2,13,17)(H,14,15). The van der Waals surface area contributed by atoms with Crippen LogP contribution in [0.3, 0.4) is 0 Å². The average molecular weight is 234 g/mol. The molecule has 1 atom stereocenters. The number of hydrogen-bond acceptors (Lipinski definition) is 4. The second kappa shape index (κ2) is 5.14. The van der Waals surface area contributed by atoms with Crippen molar-refractivity contribution in [3.05, 3.63) is 23.9 Å². The molecule has 0 bridgehead atoms. The van der Waals surface area contributed by atoms with E-state index in [-0.39, 0.29) is 11.8 Å². The van der Waals surface area contributed by atoms with Gasteiger partial charge in [0.2, 0.25) is 5.91 Å². The second-order valence-corrected chi connectivity index (χ2v) is 4.42. The highest BCUT2D eigenvalue weighted by Gasteiger charge is 2.26. The van der Waals surface area contributed by atoms with Crippen molar-refractivity contribution >= 4 is 11.7 Å². The van der Waals surface area contributed by atoms with Crippen LogP contribution in [0, 0.1) is 5.92 Å². The van der Waals surface area contributed by atoms with E-state index < -0.39 is 0 Å². The largest absolute Gasteiger partial charge is 0.373 e. The van der Waals surface area contributed by atoms with E-state index in [0.29, 0.717) is 0 Å². The first-order valence-electron chi connectivity index (χ1n) is 5.83. The van der Waals surface area contributed by atoms with Gasteiger partial charge in [0.05, 0.1) is 5.92 Å². The lowest BCUT2D eigenvalue weighted by atomic mass is 10.1. The Morgan fingerprint density at radius 1 is 1.65 bits per heavy atom. The molecule has 0 radical (unpaired) electrons. The van der Waals surface area contributed by atoms with Crippen molar-refractivity contribution in [3.63, 3.8) is 0 Å². The third kappa shape index (κ3) is 2.94. The number of pyridine rings is 1. The Hall–Kier alpha value is -1.62. The van der Waals surface area contributed by atoms with Crippen molar-refractivity contribution in [2.24, 2.45) is 11.7 Å². The Morgan fingerprint density at radius 2 is 2.47 bits per heavy atom. The van der Waals surface area contributed by atoms with Gasteiger partial charge in [-0.1, -0.05) is 6.07 Å². The molecule has 5 nitrogen and oxygen atoms in total. The van der Waals surface area contributed by atoms with Crippen LogP contribution < -0.4 is 11.1 Å². The third-order valence-corrected chi connectivity index (χ3v) is 3.16. The summed E-state index contributed by atoms with van der Waals surface area (Å²) < 4.78 is 0. The monoisotopic (exact) mass is 234 g/mol. The summed E-state index contributed by atoms with van der Waals surface area (Å²) in [5.41, 5.74) is 6.47. The Labute approximate surface area is 101 Å². The molecule has 1 aliphatic rings. The predicted molar refractivity (Wildman–Crippen MR) is 66.4 cm³/mol. The first kappa shape index (κ1) is 11.9. The lowest BCUT2D eigenvalue weighted by molar-refractivity contribution is -0.121. The topological polar surface area (TPSA) is 71.2 Å². The van der Waals surface area contributed by atoms with E-state index in [2.05, 4.69) is 21.3 Å². The van der Waals surface area contributed by atoms with Crippen molar-refractivity contribution in [1.82, 2.24) is 9.88 Å². The fraction of sp³-hybridized carbons (Fsp3) is 0.500. The molecule has 1 saturated heterocycles. The highest BCUT2D eigenvalue weighted by Crippen LogP contribution is 2.18. The van der Waals surface area contributed by atoms with Crippen LogP contribution in [0.4, 0.5) is 5.82 Å².